The molecule has 124 valence electrons. The van der Waals surface area contributed by atoms with Crippen LogP contribution in [0.1, 0.15) is 37.7 Å². The molecule has 3 N–H and O–H groups in total. The molecule has 1 aromatic carbocycles. The second kappa shape index (κ2) is 5.41. The van der Waals surface area contributed by atoms with Crippen molar-refractivity contribution in [2.45, 2.75) is 37.6 Å². The molecule has 1 aromatic rings. The summed E-state index contributed by atoms with van der Waals surface area (Å²) in [6.07, 6.45) is 3.24. The molecule has 3 unspecified atom stereocenters. The monoisotopic (exact) mass is 316 g/mol. The van der Waals surface area contributed by atoms with E-state index >= 15 is 0 Å². The molecule has 2 saturated carbocycles. The summed E-state index contributed by atoms with van der Waals surface area (Å²) in [6.45, 7) is 3.76. The molecule has 1 amide bonds. The highest BCUT2D eigenvalue weighted by atomic mass is 16.6. The highest BCUT2D eigenvalue weighted by molar-refractivity contribution is 5.83. The molecule has 2 aliphatic carbocycles. The Morgan fingerprint density at radius 2 is 2.04 bits per heavy atom. The molecular weight excluding hydrogens is 292 g/mol. The molecule has 1 aliphatic heterocycles. The minimum atomic E-state index is -0.239. The Hall–Kier alpha value is -1.75. The maximum Gasteiger partial charge on any atom is 0.224 e. The first kappa shape index (κ1) is 14.8. The van der Waals surface area contributed by atoms with Crippen LogP contribution < -0.4 is 20.5 Å². The van der Waals surface area contributed by atoms with Crippen molar-refractivity contribution in [1.82, 2.24) is 5.32 Å². The highest BCUT2D eigenvalue weighted by Crippen LogP contribution is 2.50. The van der Waals surface area contributed by atoms with Crippen LogP contribution in [0.15, 0.2) is 18.2 Å². The minimum Gasteiger partial charge on any atom is -0.486 e. The lowest BCUT2D eigenvalue weighted by molar-refractivity contribution is -0.124. The molecule has 0 spiro atoms. The van der Waals surface area contributed by atoms with Crippen molar-refractivity contribution in [2.75, 3.05) is 19.8 Å². The Labute approximate surface area is 136 Å². The van der Waals surface area contributed by atoms with Crippen molar-refractivity contribution in [1.29, 1.82) is 0 Å². The average Bonchev–Trinajstić information content (AvgIpc) is 3.46. The summed E-state index contributed by atoms with van der Waals surface area (Å²) in [5.74, 6) is 2.62. The van der Waals surface area contributed by atoms with E-state index in [0.717, 1.165) is 23.5 Å². The predicted molar refractivity (Wildman–Crippen MR) is 86.6 cm³/mol. The van der Waals surface area contributed by atoms with Gasteiger partial charge in [0.05, 0.1) is 5.54 Å². The SMILES string of the molecule is CC(CN)(NC(=O)C1CC1c1ccc2c(c1)OCCO2)C1CC1. The zero-order chi connectivity index (χ0) is 16.0. The van der Waals surface area contributed by atoms with Gasteiger partial charge >= 0.3 is 0 Å². The standard InChI is InChI=1S/C18H24N2O3/c1-18(10-19,12-3-4-12)20-17(21)14-9-13(14)11-2-5-15-16(8-11)23-7-6-22-15/h2,5,8,12-14H,3-4,6-7,9-10,19H2,1H3,(H,20,21). The van der Waals surface area contributed by atoms with Crippen LogP contribution in [-0.2, 0) is 4.79 Å². The maximum atomic E-state index is 12.6. The van der Waals surface area contributed by atoms with E-state index in [1.807, 2.05) is 12.1 Å². The van der Waals surface area contributed by atoms with E-state index in [1.54, 1.807) is 0 Å². The summed E-state index contributed by atoms with van der Waals surface area (Å²) in [7, 11) is 0. The van der Waals surface area contributed by atoms with Gasteiger partial charge in [-0.1, -0.05) is 6.07 Å². The van der Waals surface area contributed by atoms with Crippen LogP contribution in [0.5, 0.6) is 11.5 Å². The van der Waals surface area contributed by atoms with E-state index in [4.69, 9.17) is 15.2 Å². The van der Waals surface area contributed by atoms with Gasteiger partial charge in [-0.05, 0) is 55.7 Å². The Bertz CT molecular complexity index is 629. The Balaban J connectivity index is 1.42. The lowest BCUT2D eigenvalue weighted by atomic mass is 9.95. The quantitative estimate of drug-likeness (QED) is 0.869. The number of nitrogens with two attached hydrogens (primary N) is 1. The van der Waals surface area contributed by atoms with Crippen LogP contribution in [-0.4, -0.2) is 31.2 Å². The number of hydrogen-bond donors (Lipinski definition) is 2. The van der Waals surface area contributed by atoms with Gasteiger partial charge in [0.1, 0.15) is 13.2 Å². The molecule has 5 heteroatoms. The van der Waals surface area contributed by atoms with E-state index in [-0.39, 0.29) is 23.3 Å². The molecule has 0 saturated heterocycles. The largest absolute Gasteiger partial charge is 0.486 e. The molecule has 2 fully saturated rings. The van der Waals surface area contributed by atoms with Gasteiger partial charge in [0.15, 0.2) is 11.5 Å². The molecule has 3 aliphatic rings. The zero-order valence-corrected chi connectivity index (χ0v) is 13.5. The Kier molecular flexibility index (Phi) is 3.48. The molecule has 1 heterocycles. The maximum absolute atomic E-state index is 12.6. The third-order valence-electron chi connectivity index (χ3n) is 5.43. The molecule has 4 rings (SSSR count). The van der Waals surface area contributed by atoms with E-state index in [9.17, 15) is 4.79 Å². The van der Waals surface area contributed by atoms with Crippen LogP contribution in [0.3, 0.4) is 0 Å². The number of hydrogen-bond acceptors (Lipinski definition) is 4. The van der Waals surface area contributed by atoms with Gasteiger partial charge < -0.3 is 20.5 Å². The normalized spacial score (nSPS) is 27.9. The summed E-state index contributed by atoms with van der Waals surface area (Å²) in [4.78, 5) is 12.6. The van der Waals surface area contributed by atoms with E-state index in [1.165, 1.54) is 12.8 Å². The highest BCUT2D eigenvalue weighted by Gasteiger charge is 2.48. The fourth-order valence-corrected chi connectivity index (χ4v) is 3.56. The number of rotatable bonds is 5. The van der Waals surface area contributed by atoms with Crippen LogP contribution in [0.25, 0.3) is 0 Å². The van der Waals surface area contributed by atoms with Crippen molar-refractivity contribution in [3.05, 3.63) is 23.8 Å². The third-order valence-corrected chi connectivity index (χ3v) is 5.43. The second-order valence-corrected chi connectivity index (χ2v) is 7.24. The minimum absolute atomic E-state index is 0.0576. The Morgan fingerprint density at radius 3 is 2.74 bits per heavy atom. The van der Waals surface area contributed by atoms with Gasteiger partial charge in [-0.3, -0.25) is 4.79 Å². The number of carbonyl (C=O) groups excluding carboxylic acids is 1. The van der Waals surface area contributed by atoms with Crippen molar-refractivity contribution in [3.63, 3.8) is 0 Å². The molecule has 3 atom stereocenters. The topological polar surface area (TPSA) is 73.6 Å². The van der Waals surface area contributed by atoms with Gasteiger partial charge in [-0.2, -0.15) is 0 Å². The van der Waals surface area contributed by atoms with Crippen LogP contribution in [0.4, 0.5) is 0 Å². The number of carbonyl (C=O) groups is 1. The Morgan fingerprint density at radius 1 is 1.30 bits per heavy atom. The lowest BCUT2D eigenvalue weighted by Gasteiger charge is -2.29. The molecule has 0 bridgehead atoms. The van der Waals surface area contributed by atoms with Crippen molar-refractivity contribution in [3.8, 4) is 11.5 Å². The van der Waals surface area contributed by atoms with Gasteiger partial charge in [-0.25, -0.2) is 0 Å². The molecule has 0 aromatic heterocycles. The van der Waals surface area contributed by atoms with Crippen LogP contribution in [0.2, 0.25) is 0 Å². The number of amides is 1. The van der Waals surface area contributed by atoms with Crippen molar-refractivity contribution >= 4 is 5.91 Å². The van der Waals surface area contributed by atoms with Gasteiger partial charge in [0, 0.05) is 12.5 Å². The smallest absolute Gasteiger partial charge is 0.224 e. The fourth-order valence-electron chi connectivity index (χ4n) is 3.56. The molecule has 0 radical (unpaired) electrons. The number of ether oxygens (including phenoxy) is 2. The third kappa shape index (κ3) is 2.78. The van der Waals surface area contributed by atoms with E-state index in [2.05, 4.69) is 18.3 Å². The summed E-state index contributed by atoms with van der Waals surface area (Å²) in [5.41, 5.74) is 6.82. The van der Waals surface area contributed by atoms with E-state index in [0.29, 0.717) is 25.7 Å². The fraction of sp³-hybridized carbons (Fsp3) is 0.611. The summed E-state index contributed by atoms with van der Waals surface area (Å²) in [5, 5.41) is 3.21. The van der Waals surface area contributed by atoms with Gasteiger partial charge in [0.25, 0.3) is 0 Å². The summed E-state index contributed by atoms with van der Waals surface area (Å²) < 4.78 is 11.2. The molecule has 5 nitrogen and oxygen atoms in total. The molecule has 23 heavy (non-hydrogen) atoms. The average molecular weight is 316 g/mol. The number of benzene rings is 1. The molecular formula is C18H24N2O3. The predicted octanol–water partition coefficient (Wildman–Crippen LogP) is 1.80. The van der Waals surface area contributed by atoms with Crippen molar-refractivity contribution in [2.24, 2.45) is 17.6 Å². The van der Waals surface area contributed by atoms with Gasteiger partial charge in [-0.15, -0.1) is 0 Å². The lowest BCUT2D eigenvalue weighted by Crippen LogP contribution is -2.53. The van der Waals surface area contributed by atoms with Crippen LogP contribution >= 0.6 is 0 Å². The van der Waals surface area contributed by atoms with Crippen molar-refractivity contribution < 1.29 is 14.3 Å². The second-order valence-electron chi connectivity index (χ2n) is 7.24. The summed E-state index contributed by atoms with van der Waals surface area (Å²) in [6, 6.07) is 6.02. The summed E-state index contributed by atoms with van der Waals surface area (Å²) >= 11 is 0. The first-order valence-corrected chi connectivity index (χ1v) is 8.52. The number of nitrogens with one attached hydrogen (secondary N) is 1. The first-order valence-electron chi connectivity index (χ1n) is 8.52. The van der Waals surface area contributed by atoms with E-state index < -0.39 is 0 Å². The number of fused-ring (bicyclic) bond motifs is 1. The first-order chi connectivity index (χ1) is 11.1. The van der Waals surface area contributed by atoms with Gasteiger partial charge in [0.2, 0.25) is 5.91 Å². The van der Waals surface area contributed by atoms with Crippen LogP contribution in [0, 0.1) is 11.8 Å². The zero-order valence-electron chi connectivity index (χ0n) is 13.5.